The lowest BCUT2D eigenvalue weighted by Crippen LogP contribution is -2.28. The maximum atomic E-state index is 14.6. The van der Waals surface area contributed by atoms with Crippen LogP contribution in [0.2, 0.25) is 5.02 Å². The number of nitrogens with one attached hydrogen (secondary N) is 1. The van der Waals surface area contributed by atoms with Crippen LogP contribution in [0.25, 0.3) is 5.69 Å². The molecule has 0 spiro atoms. The first-order valence-corrected chi connectivity index (χ1v) is 12.6. The smallest absolute Gasteiger partial charge is 0.271 e. The molecule has 1 aliphatic rings. The summed E-state index contributed by atoms with van der Waals surface area (Å²) in [5, 5.41) is 3.31. The van der Waals surface area contributed by atoms with Gasteiger partial charge in [0.2, 0.25) is 0 Å². The molecule has 0 saturated heterocycles. The van der Waals surface area contributed by atoms with Crippen LogP contribution < -0.4 is 5.32 Å². The summed E-state index contributed by atoms with van der Waals surface area (Å²) < 4.78 is 37.5. The highest BCUT2D eigenvalue weighted by molar-refractivity contribution is 6.31. The summed E-state index contributed by atoms with van der Waals surface area (Å²) in [5.74, 6) is -0.144. The van der Waals surface area contributed by atoms with Crippen molar-refractivity contribution in [3.63, 3.8) is 0 Å². The summed E-state index contributed by atoms with van der Waals surface area (Å²) in [5.41, 5.74) is 2.48. The van der Waals surface area contributed by atoms with E-state index in [9.17, 15) is 9.18 Å². The van der Waals surface area contributed by atoms with Crippen molar-refractivity contribution < 1.29 is 28.1 Å². The molecular formula is C27H30ClFN4O5. The molecule has 9 nitrogen and oxygen atoms in total. The van der Waals surface area contributed by atoms with Crippen molar-refractivity contribution in [1.82, 2.24) is 14.9 Å². The molecule has 0 fully saturated rings. The Morgan fingerprint density at radius 3 is 2.45 bits per heavy atom. The third-order valence-corrected chi connectivity index (χ3v) is 5.94. The first-order valence-electron chi connectivity index (χ1n) is 12.3. The van der Waals surface area contributed by atoms with Gasteiger partial charge in [-0.2, -0.15) is 0 Å². The van der Waals surface area contributed by atoms with Crippen molar-refractivity contribution in [3.8, 4) is 5.69 Å². The average Bonchev–Trinajstić information content (AvgIpc) is 3.28. The van der Waals surface area contributed by atoms with Crippen molar-refractivity contribution in [3.05, 3.63) is 82.1 Å². The number of amides is 1. The Morgan fingerprint density at radius 2 is 1.71 bits per heavy atom. The normalized spacial score (nSPS) is 12.4. The summed E-state index contributed by atoms with van der Waals surface area (Å²) in [6, 6.07) is 11.8. The Bertz CT molecular complexity index is 1270. The number of ether oxygens (including phenoxy) is 4. The number of hydrogen-bond donors (Lipinski definition) is 1. The van der Waals surface area contributed by atoms with E-state index in [2.05, 4.69) is 15.3 Å². The summed E-state index contributed by atoms with van der Waals surface area (Å²) in [6.45, 7) is 3.76. The quantitative estimate of drug-likeness (QED) is 0.312. The number of hydrogen-bond acceptors (Lipinski definition) is 7. The van der Waals surface area contributed by atoms with Crippen molar-refractivity contribution in [2.75, 3.05) is 59.9 Å². The molecule has 2 heterocycles. The van der Waals surface area contributed by atoms with Gasteiger partial charge in [0.25, 0.3) is 5.91 Å². The number of nitrogens with zero attached hydrogens (tertiary/aromatic N) is 3. The van der Waals surface area contributed by atoms with E-state index in [1.165, 1.54) is 6.07 Å². The van der Waals surface area contributed by atoms with Gasteiger partial charge in [-0.3, -0.25) is 9.79 Å². The summed E-state index contributed by atoms with van der Waals surface area (Å²) in [6.07, 6.45) is 1.65. The number of aromatic nitrogens is 2. The van der Waals surface area contributed by atoms with Gasteiger partial charge >= 0.3 is 0 Å². The zero-order chi connectivity index (χ0) is 26.7. The predicted octanol–water partition coefficient (Wildman–Crippen LogP) is 3.44. The first-order chi connectivity index (χ1) is 18.6. The van der Waals surface area contributed by atoms with Crippen LogP contribution in [0.3, 0.4) is 0 Å². The number of carbonyl (C=O) groups excluding carboxylic acids is 1. The Kier molecular flexibility index (Phi) is 10.4. The van der Waals surface area contributed by atoms with Gasteiger partial charge in [-0.05, 0) is 30.3 Å². The first kappa shape index (κ1) is 27.9. The molecule has 202 valence electrons. The minimum atomic E-state index is -0.377. The van der Waals surface area contributed by atoms with Crippen molar-refractivity contribution in [2.24, 2.45) is 4.99 Å². The van der Waals surface area contributed by atoms with Crippen molar-refractivity contribution >= 4 is 23.2 Å². The Labute approximate surface area is 225 Å². The minimum Gasteiger partial charge on any atom is -0.382 e. The summed E-state index contributed by atoms with van der Waals surface area (Å²) in [7, 11) is 1.62. The highest BCUT2D eigenvalue weighted by atomic mass is 35.5. The third-order valence-electron chi connectivity index (χ3n) is 5.70. The molecule has 1 amide bonds. The molecule has 0 aliphatic carbocycles. The van der Waals surface area contributed by atoms with Gasteiger partial charge in [0.1, 0.15) is 17.3 Å². The van der Waals surface area contributed by atoms with Crippen LogP contribution in [0.5, 0.6) is 0 Å². The number of fused-ring (bicyclic) bond motifs is 3. The van der Waals surface area contributed by atoms with E-state index in [1.807, 2.05) is 6.07 Å². The monoisotopic (exact) mass is 544 g/mol. The van der Waals surface area contributed by atoms with Crippen LogP contribution in [0, 0.1) is 5.82 Å². The third kappa shape index (κ3) is 7.24. The summed E-state index contributed by atoms with van der Waals surface area (Å²) >= 11 is 6.28. The molecule has 0 saturated carbocycles. The predicted molar refractivity (Wildman–Crippen MR) is 141 cm³/mol. The second-order valence-corrected chi connectivity index (χ2v) is 8.74. The van der Waals surface area contributed by atoms with Crippen LogP contribution >= 0.6 is 11.6 Å². The highest BCUT2D eigenvalue weighted by Gasteiger charge is 2.23. The molecule has 0 unspecified atom stereocenters. The number of rotatable bonds is 14. The van der Waals surface area contributed by atoms with Gasteiger partial charge in [-0.25, -0.2) is 9.37 Å². The summed E-state index contributed by atoms with van der Waals surface area (Å²) in [4.78, 5) is 21.9. The maximum absolute atomic E-state index is 14.6. The van der Waals surface area contributed by atoms with Crippen LogP contribution in [-0.4, -0.2) is 81.1 Å². The molecule has 1 N–H and O–H groups in total. The topological polar surface area (TPSA) is 96.2 Å². The molecule has 4 rings (SSSR count). The lowest BCUT2D eigenvalue weighted by Gasteiger charge is -2.12. The number of benzene rings is 2. The maximum Gasteiger partial charge on any atom is 0.271 e. The number of imidazole rings is 1. The fourth-order valence-electron chi connectivity index (χ4n) is 3.89. The molecular weight excluding hydrogens is 515 g/mol. The van der Waals surface area contributed by atoms with Crippen LogP contribution in [0.4, 0.5) is 4.39 Å². The second-order valence-electron chi connectivity index (χ2n) is 8.30. The SMILES string of the molecule is COCCOCCOCCOCCNC(=O)c1cn2c(n1)CN=C(c1ccccc1F)c1cc(Cl)ccc1-2. The van der Waals surface area contributed by atoms with Gasteiger partial charge in [-0.15, -0.1) is 0 Å². The Balaban J connectivity index is 1.31. The van der Waals surface area contributed by atoms with E-state index in [0.29, 0.717) is 86.2 Å². The molecule has 3 aromatic rings. The molecule has 0 bridgehead atoms. The van der Waals surface area contributed by atoms with Gasteiger partial charge in [0.15, 0.2) is 0 Å². The van der Waals surface area contributed by atoms with Gasteiger partial charge in [0.05, 0.1) is 64.2 Å². The molecule has 0 atom stereocenters. The molecule has 1 aliphatic heterocycles. The van der Waals surface area contributed by atoms with E-state index in [4.69, 9.17) is 30.5 Å². The van der Waals surface area contributed by atoms with Crippen LogP contribution in [0.15, 0.2) is 53.7 Å². The Hall–Kier alpha value is -3.15. The lowest BCUT2D eigenvalue weighted by molar-refractivity contribution is 0.00414. The van der Waals surface area contributed by atoms with E-state index >= 15 is 0 Å². The van der Waals surface area contributed by atoms with Crippen LogP contribution in [-0.2, 0) is 25.5 Å². The largest absolute Gasteiger partial charge is 0.382 e. The van der Waals surface area contributed by atoms with Gasteiger partial charge in [0, 0.05) is 36.0 Å². The van der Waals surface area contributed by atoms with E-state index in [-0.39, 0.29) is 24.0 Å². The second kappa shape index (κ2) is 14.1. The number of halogens is 2. The number of aliphatic imine (C=N–C) groups is 1. The molecule has 0 radical (unpaired) electrons. The van der Waals surface area contributed by atoms with Gasteiger partial charge < -0.3 is 28.8 Å². The minimum absolute atomic E-state index is 0.170. The zero-order valence-electron chi connectivity index (χ0n) is 21.1. The van der Waals surface area contributed by atoms with Crippen LogP contribution in [0.1, 0.15) is 27.4 Å². The standard InChI is InChI=1S/C27H30ClFN4O5/c1-35-10-11-37-14-15-38-13-12-36-9-8-30-27(34)23-18-33-24-7-6-19(28)16-21(24)26(31-17-25(33)32-23)20-4-2-3-5-22(20)29/h2-7,16,18H,8-15,17H2,1H3,(H,30,34). The van der Waals surface area contributed by atoms with Crippen molar-refractivity contribution in [1.29, 1.82) is 0 Å². The fraction of sp³-hybridized carbons (Fsp3) is 0.370. The van der Waals surface area contributed by atoms with E-state index in [1.54, 1.807) is 48.2 Å². The Morgan fingerprint density at radius 1 is 1.00 bits per heavy atom. The average molecular weight is 545 g/mol. The lowest BCUT2D eigenvalue weighted by atomic mass is 10.00. The number of methoxy groups -OCH3 is 1. The van der Waals surface area contributed by atoms with E-state index in [0.717, 1.165) is 0 Å². The zero-order valence-corrected chi connectivity index (χ0v) is 21.9. The van der Waals surface area contributed by atoms with E-state index < -0.39 is 0 Å². The van der Waals surface area contributed by atoms with Crippen molar-refractivity contribution in [2.45, 2.75) is 6.54 Å². The fourth-order valence-corrected chi connectivity index (χ4v) is 4.06. The molecule has 11 heteroatoms. The van der Waals surface area contributed by atoms with Gasteiger partial charge in [-0.1, -0.05) is 23.7 Å². The molecule has 1 aromatic heterocycles. The molecule has 2 aromatic carbocycles. The number of carbonyl (C=O) groups is 1. The molecule has 38 heavy (non-hydrogen) atoms. The highest BCUT2D eigenvalue weighted by Crippen LogP contribution is 2.28.